The lowest BCUT2D eigenvalue weighted by Gasteiger charge is -1.98. The predicted molar refractivity (Wildman–Crippen MR) is 71.7 cm³/mol. The van der Waals surface area contributed by atoms with Crippen LogP contribution in [0, 0.1) is 5.82 Å². The Bertz CT molecular complexity index is 790. The highest BCUT2D eigenvalue weighted by molar-refractivity contribution is 5.62. The van der Waals surface area contributed by atoms with E-state index in [1.807, 2.05) is 0 Å². The van der Waals surface area contributed by atoms with Gasteiger partial charge in [0, 0.05) is 11.6 Å². The first-order chi connectivity index (χ1) is 10.2. The summed E-state index contributed by atoms with van der Waals surface area (Å²) in [6.45, 7) is 0. The highest BCUT2D eigenvalue weighted by Gasteiger charge is 2.13. The van der Waals surface area contributed by atoms with Crippen molar-refractivity contribution in [1.82, 2.24) is 20.1 Å². The molecule has 1 aromatic carbocycles. The van der Waals surface area contributed by atoms with E-state index in [1.54, 1.807) is 6.07 Å². The molecule has 0 saturated carbocycles. The van der Waals surface area contributed by atoms with Crippen molar-refractivity contribution >= 4 is 5.69 Å². The maximum atomic E-state index is 13.1. The Balaban J connectivity index is 1.97. The minimum Gasteiger partial charge on any atom is -0.481 e. The number of ether oxygens (including phenoxy) is 1. The number of nitrogens with zero attached hydrogens (tertiary/aromatic N) is 4. The van der Waals surface area contributed by atoms with Crippen LogP contribution in [-0.4, -0.2) is 27.2 Å². The summed E-state index contributed by atoms with van der Waals surface area (Å²) in [7, 11) is 1.50. The van der Waals surface area contributed by atoms with Gasteiger partial charge in [0.1, 0.15) is 17.8 Å². The van der Waals surface area contributed by atoms with Gasteiger partial charge in [0.05, 0.1) is 12.8 Å². The van der Waals surface area contributed by atoms with Crippen LogP contribution < -0.4 is 10.5 Å². The molecule has 106 valence electrons. The zero-order valence-electron chi connectivity index (χ0n) is 10.9. The molecule has 0 aliphatic heterocycles. The van der Waals surface area contributed by atoms with Gasteiger partial charge >= 0.3 is 0 Å². The molecular formula is C13H10FN5O2. The Morgan fingerprint density at radius 1 is 1.24 bits per heavy atom. The third-order valence-corrected chi connectivity index (χ3v) is 2.75. The topological polar surface area (TPSA) is 100.0 Å². The maximum Gasteiger partial charge on any atom is 0.258 e. The molecule has 2 aromatic heterocycles. The lowest BCUT2D eigenvalue weighted by Crippen LogP contribution is -1.92. The second-order valence-corrected chi connectivity index (χ2v) is 4.11. The summed E-state index contributed by atoms with van der Waals surface area (Å²) >= 11 is 0. The van der Waals surface area contributed by atoms with Gasteiger partial charge < -0.3 is 15.0 Å². The molecule has 0 saturated heterocycles. The first-order valence-corrected chi connectivity index (χ1v) is 5.93. The van der Waals surface area contributed by atoms with Gasteiger partial charge in [-0.1, -0.05) is 5.16 Å². The number of nitrogens with two attached hydrogens (primary N) is 1. The molecule has 21 heavy (non-hydrogen) atoms. The molecule has 0 atom stereocenters. The molecule has 3 aromatic rings. The molecule has 0 bridgehead atoms. The molecular weight excluding hydrogens is 277 g/mol. The second-order valence-electron chi connectivity index (χ2n) is 4.11. The van der Waals surface area contributed by atoms with Crippen molar-refractivity contribution in [3.05, 3.63) is 36.4 Å². The number of aromatic nitrogens is 4. The van der Waals surface area contributed by atoms with Gasteiger partial charge in [-0.3, -0.25) is 0 Å². The SMILES string of the molecule is COc1cc(-c2noc(-c3ccc(F)c(N)c3)n2)ncn1. The molecule has 0 amide bonds. The summed E-state index contributed by atoms with van der Waals surface area (Å²) < 4.78 is 23.3. The van der Waals surface area contributed by atoms with Crippen molar-refractivity contribution in [2.75, 3.05) is 12.8 Å². The zero-order valence-corrected chi connectivity index (χ0v) is 10.9. The monoisotopic (exact) mass is 287 g/mol. The van der Waals surface area contributed by atoms with Crippen molar-refractivity contribution in [3.63, 3.8) is 0 Å². The Hall–Kier alpha value is -3.03. The fraction of sp³-hybridized carbons (Fsp3) is 0.0769. The summed E-state index contributed by atoms with van der Waals surface area (Å²) in [4.78, 5) is 12.1. The third kappa shape index (κ3) is 2.50. The van der Waals surface area contributed by atoms with Gasteiger partial charge in [-0.05, 0) is 18.2 Å². The summed E-state index contributed by atoms with van der Waals surface area (Å²) in [5.74, 6) is 0.374. The van der Waals surface area contributed by atoms with E-state index in [9.17, 15) is 4.39 Å². The molecule has 2 N–H and O–H groups in total. The zero-order chi connectivity index (χ0) is 14.8. The summed E-state index contributed by atoms with van der Waals surface area (Å²) in [6, 6.07) is 5.74. The average Bonchev–Trinajstić information content (AvgIpc) is 3.00. The van der Waals surface area contributed by atoms with E-state index in [0.717, 1.165) is 0 Å². The smallest absolute Gasteiger partial charge is 0.258 e. The summed E-state index contributed by atoms with van der Waals surface area (Å²) in [6.07, 6.45) is 1.33. The Morgan fingerprint density at radius 2 is 2.10 bits per heavy atom. The van der Waals surface area contributed by atoms with Crippen LogP contribution in [0.25, 0.3) is 23.0 Å². The number of methoxy groups -OCH3 is 1. The Kier molecular flexibility index (Phi) is 3.19. The van der Waals surface area contributed by atoms with Crippen LogP contribution in [0.5, 0.6) is 5.88 Å². The maximum absolute atomic E-state index is 13.1. The first-order valence-electron chi connectivity index (χ1n) is 5.93. The number of halogens is 1. The molecule has 3 rings (SSSR count). The van der Waals surface area contributed by atoms with Crippen LogP contribution >= 0.6 is 0 Å². The van der Waals surface area contributed by atoms with E-state index in [1.165, 1.54) is 31.6 Å². The van der Waals surface area contributed by atoms with E-state index in [0.29, 0.717) is 17.1 Å². The van der Waals surface area contributed by atoms with E-state index in [2.05, 4.69) is 20.1 Å². The van der Waals surface area contributed by atoms with Crippen LogP contribution in [0.2, 0.25) is 0 Å². The van der Waals surface area contributed by atoms with E-state index >= 15 is 0 Å². The molecule has 8 heteroatoms. The number of nitrogen functional groups attached to an aromatic ring is 1. The molecule has 7 nitrogen and oxygen atoms in total. The molecule has 0 radical (unpaired) electrons. The minimum atomic E-state index is -0.501. The van der Waals surface area contributed by atoms with Gasteiger partial charge in [0.2, 0.25) is 11.7 Å². The normalized spacial score (nSPS) is 10.6. The largest absolute Gasteiger partial charge is 0.481 e. The van der Waals surface area contributed by atoms with Gasteiger partial charge in [-0.25, -0.2) is 14.4 Å². The quantitative estimate of drug-likeness (QED) is 0.734. The second kappa shape index (κ2) is 5.16. The van der Waals surface area contributed by atoms with Crippen LogP contribution in [0.4, 0.5) is 10.1 Å². The van der Waals surface area contributed by atoms with Gasteiger partial charge in [0.15, 0.2) is 0 Å². The number of hydrogen-bond donors (Lipinski definition) is 1. The van der Waals surface area contributed by atoms with Crippen LogP contribution in [0.3, 0.4) is 0 Å². The van der Waals surface area contributed by atoms with Crippen molar-refractivity contribution in [3.8, 4) is 28.9 Å². The number of rotatable bonds is 3. The van der Waals surface area contributed by atoms with Crippen molar-refractivity contribution in [2.24, 2.45) is 0 Å². The number of benzene rings is 1. The molecule has 0 aliphatic carbocycles. The van der Waals surface area contributed by atoms with Crippen molar-refractivity contribution in [1.29, 1.82) is 0 Å². The van der Waals surface area contributed by atoms with Crippen LogP contribution in [0.1, 0.15) is 0 Å². The Labute approximate surface area is 118 Å². The lowest BCUT2D eigenvalue weighted by atomic mass is 10.2. The fourth-order valence-corrected chi connectivity index (χ4v) is 1.69. The Morgan fingerprint density at radius 3 is 2.86 bits per heavy atom. The average molecular weight is 287 g/mol. The number of anilines is 1. The first kappa shape index (κ1) is 13.0. The minimum absolute atomic E-state index is 0.0101. The van der Waals surface area contributed by atoms with Gasteiger partial charge in [0.25, 0.3) is 5.89 Å². The molecule has 0 fully saturated rings. The fourth-order valence-electron chi connectivity index (χ4n) is 1.69. The summed E-state index contributed by atoms with van der Waals surface area (Å²) in [5.41, 5.74) is 6.49. The third-order valence-electron chi connectivity index (χ3n) is 2.75. The summed E-state index contributed by atoms with van der Waals surface area (Å²) in [5, 5.41) is 3.82. The predicted octanol–water partition coefficient (Wildman–Crippen LogP) is 1.92. The van der Waals surface area contributed by atoms with Crippen molar-refractivity contribution < 1.29 is 13.7 Å². The molecule has 2 heterocycles. The number of hydrogen-bond acceptors (Lipinski definition) is 7. The van der Waals surface area contributed by atoms with Crippen LogP contribution in [0.15, 0.2) is 35.1 Å². The van der Waals surface area contributed by atoms with E-state index in [-0.39, 0.29) is 17.4 Å². The highest BCUT2D eigenvalue weighted by Crippen LogP contribution is 2.24. The highest BCUT2D eigenvalue weighted by atomic mass is 19.1. The standard InChI is InChI=1S/C13H10FN5O2/c1-20-11-5-10(16-6-17-11)12-18-13(21-19-12)7-2-3-8(14)9(15)4-7/h2-6H,15H2,1H3. The van der Waals surface area contributed by atoms with E-state index < -0.39 is 5.82 Å². The van der Waals surface area contributed by atoms with E-state index in [4.69, 9.17) is 15.0 Å². The molecule has 0 spiro atoms. The van der Waals surface area contributed by atoms with Gasteiger partial charge in [-0.15, -0.1) is 0 Å². The molecule has 0 aliphatic rings. The lowest BCUT2D eigenvalue weighted by molar-refractivity contribution is 0.397. The van der Waals surface area contributed by atoms with Crippen LogP contribution in [-0.2, 0) is 0 Å². The van der Waals surface area contributed by atoms with Crippen molar-refractivity contribution in [2.45, 2.75) is 0 Å². The van der Waals surface area contributed by atoms with Gasteiger partial charge in [-0.2, -0.15) is 4.98 Å². The molecule has 0 unspecified atom stereocenters.